The second kappa shape index (κ2) is 10.1. The van der Waals surface area contributed by atoms with E-state index in [0.29, 0.717) is 39.0 Å². The van der Waals surface area contributed by atoms with Crippen LogP contribution < -0.4 is 5.32 Å². The van der Waals surface area contributed by atoms with Crippen molar-refractivity contribution < 1.29 is 19.1 Å². The van der Waals surface area contributed by atoms with Crippen LogP contribution in [0.5, 0.6) is 0 Å². The molecule has 0 fully saturated rings. The van der Waals surface area contributed by atoms with E-state index in [1.165, 1.54) is 0 Å². The Balaban J connectivity index is 3.47. The number of rotatable bonds is 9. The first-order valence-corrected chi connectivity index (χ1v) is 6.14. The Morgan fingerprint density at radius 3 is 2.29 bits per heavy atom. The van der Waals surface area contributed by atoms with E-state index in [1.54, 1.807) is 13.8 Å². The topological polar surface area (TPSA) is 64.6 Å². The molecule has 1 N–H and O–H groups in total. The fraction of sp³-hybridized carbons (Fsp3) is 0.833. The van der Waals surface area contributed by atoms with Gasteiger partial charge in [0.05, 0.1) is 19.6 Å². The molecule has 0 rings (SSSR count). The van der Waals surface area contributed by atoms with Gasteiger partial charge in [0, 0.05) is 12.5 Å². The van der Waals surface area contributed by atoms with Crippen LogP contribution in [0.25, 0.3) is 0 Å². The minimum Gasteiger partial charge on any atom is -0.466 e. The molecule has 100 valence electrons. The van der Waals surface area contributed by atoms with Crippen LogP contribution in [0, 0.1) is 0 Å². The maximum atomic E-state index is 11.1. The largest absolute Gasteiger partial charge is 0.466 e. The van der Waals surface area contributed by atoms with Crippen LogP contribution in [0.4, 0.5) is 0 Å². The smallest absolute Gasteiger partial charge is 0.307 e. The van der Waals surface area contributed by atoms with Crippen molar-refractivity contribution in [1.29, 1.82) is 0 Å². The molecule has 1 unspecified atom stereocenters. The zero-order valence-corrected chi connectivity index (χ0v) is 11.0. The van der Waals surface area contributed by atoms with Crippen molar-refractivity contribution in [3.05, 3.63) is 0 Å². The summed E-state index contributed by atoms with van der Waals surface area (Å²) in [6, 6.07) is 0.0660. The normalized spacial score (nSPS) is 11.9. The summed E-state index contributed by atoms with van der Waals surface area (Å²) in [4.78, 5) is 22.2. The zero-order valence-electron chi connectivity index (χ0n) is 11.0. The predicted octanol–water partition coefficient (Wildman–Crippen LogP) is 1.26. The third kappa shape index (κ3) is 9.81. The molecule has 17 heavy (non-hydrogen) atoms. The number of ether oxygens (including phenoxy) is 2. The lowest BCUT2D eigenvalue weighted by Crippen LogP contribution is -2.30. The summed E-state index contributed by atoms with van der Waals surface area (Å²) in [5.74, 6) is -0.370. The molecule has 0 bridgehead atoms. The van der Waals surface area contributed by atoms with Crippen LogP contribution >= 0.6 is 0 Å². The molecular formula is C12H23NO4. The van der Waals surface area contributed by atoms with Gasteiger partial charge in [-0.1, -0.05) is 0 Å². The lowest BCUT2D eigenvalue weighted by Gasteiger charge is -2.12. The highest BCUT2D eigenvalue weighted by molar-refractivity contribution is 5.70. The minimum atomic E-state index is -0.196. The third-order valence-electron chi connectivity index (χ3n) is 2.13. The number of esters is 2. The molecule has 0 aliphatic heterocycles. The second-order valence-electron chi connectivity index (χ2n) is 3.77. The first-order valence-electron chi connectivity index (χ1n) is 6.14. The van der Waals surface area contributed by atoms with Crippen molar-refractivity contribution in [3.63, 3.8) is 0 Å². The first kappa shape index (κ1) is 15.9. The van der Waals surface area contributed by atoms with Crippen molar-refractivity contribution in [2.45, 2.75) is 46.1 Å². The first-order chi connectivity index (χ1) is 8.10. The molecule has 0 amide bonds. The van der Waals surface area contributed by atoms with Crippen molar-refractivity contribution in [3.8, 4) is 0 Å². The molecule has 0 saturated carbocycles. The maximum absolute atomic E-state index is 11.1. The number of hydrogen-bond donors (Lipinski definition) is 1. The van der Waals surface area contributed by atoms with Gasteiger partial charge in [0.2, 0.25) is 0 Å². The lowest BCUT2D eigenvalue weighted by atomic mass is 10.2. The van der Waals surface area contributed by atoms with Gasteiger partial charge in [-0.2, -0.15) is 0 Å². The number of carbonyl (C=O) groups excluding carboxylic acids is 2. The molecule has 5 nitrogen and oxygen atoms in total. The fourth-order valence-corrected chi connectivity index (χ4v) is 1.36. The van der Waals surface area contributed by atoms with Gasteiger partial charge in [0.1, 0.15) is 0 Å². The molecule has 0 aromatic carbocycles. The summed E-state index contributed by atoms with van der Waals surface area (Å²) in [5.41, 5.74) is 0. The van der Waals surface area contributed by atoms with Crippen molar-refractivity contribution in [2.75, 3.05) is 19.8 Å². The van der Waals surface area contributed by atoms with Gasteiger partial charge in [-0.15, -0.1) is 0 Å². The second-order valence-corrected chi connectivity index (χ2v) is 3.77. The van der Waals surface area contributed by atoms with E-state index < -0.39 is 0 Å². The molecule has 0 aromatic rings. The van der Waals surface area contributed by atoms with E-state index in [-0.39, 0.29) is 18.0 Å². The minimum absolute atomic E-state index is 0.0660. The molecular weight excluding hydrogens is 222 g/mol. The van der Waals surface area contributed by atoms with Gasteiger partial charge < -0.3 is 14.8 Å². The van der Waals surface area contributed by atoms with Crippen molar-refractivity contribution in [1.82, 2.24) is 5.32 Å². The third-order valence-corrected chi connectivity index (χ3v) is 2.13. The lowest BCUT2D eigenvalue weighted by molar-refractivity contribution is -0.144. The summed E-state index contributed by atoms with van der Waals surface area (Å²) < 4.78 is 9.64. The standard InChI is InChI=1S/C12H23NO4/c1-4-16-11(14)7-6-8-13-10(3)9-12(15)17-5-2/h10,13H,4-9H2,1-3H3. The Morgan fingerprint density at radius 2 is 1.71 bits per heavy atom. The van der Waals surface area contributed by atoms with Crippen molar-refractivity contribution in [2.24, 2.45) is 0 Å². The number of carbonyl (C=O) groups is 2. The summed E-state index contributed by atoms with van der Waals surface area (Å²) in [6.45, 7) is 7.02. The summed E-state index contributed by atoms with van der Waals surface area (Å²) in [5, 5.41) is 3.16. The monoisotopic (exact) mass is 245 g/mol. The van der Waals surface area contributed by atoms with E-state index in [9.17, 15) is 9.59 Å². The molecule has 0 saturated heterocycles. The Kier molecular flexibility index (Phi) is 9.43. The molecule has 1 atom stereocenters. The Hall–Kier alpha value is -1.10. The average molecular weight is 245 g/mol. The highest BCUT2D eigenvalue weighted by Gasteiger charge is 2.09. The Morgan fingerprint density at radius 1 is 1.12 bits per heavy atom. The van der Waals surface area contributed by atoms with Crippen LogP contribution in [-0.2, 0) is 19.1 Å². The maximum Gasteiger partial charge on any atom is 0.307 e. The van der Waals surface area contributed by atoms with Crippen LogP contribution in [-0.4, -0.2) is 37.7 Å². The van der Waals surface area contributed by atoms with Gasteiger partial charge in [-0.25, -0.2) is 0 Å². The van der Waals surface area contributed by atoms with Crippen LogP contribution in [0.15, 0.2) is 0 Å². The van der Waals surface area contributed by atoms with Gasteiger partial charge >= 0.3 is 11.9 Å². The van der Waals surface area contributed by atoms with E-state index >= 15 is 0 Å². The van der Waals surface area contributed by atoms with E-state index in [4.69, 9.17) is 9.47 Å². The molecule has 0 radical (unpaired) electrons. The molecule has 0 heterocycles. The average Bonchev–Trinajstić information content (AvgIpc) is 2.25. The predicted molar refractivity (Wildman–Crippen MR) is 64.6 cm³/mol. The van der Waals surface area contributed by atoms with E-state index in [0.717, 1.165) is 0 Å². The molecule has 5 heteroatoms. The molecule has 0 aliphatic rings. The quantitative estimate of drug-likeness (QED) is 0.489. The summed E-state index contributed by atoms with van der Waals surface area (Å²) in [6.07, 6.45) is 1.48. The molecule has 0 aliphatic carbocycles. The zero-order chi connectivity index (χ0) is 13.1. The number of nitrogens with one attached hydrogen (secondary N) is 1. The Bertz CT molecular complexity index is 231. The SMILES string of the molecule is CCOC(=O)CCCNC(C)CC(=O)OCC. The summed E-state index contributed by atoms with van der Waals surface area (Å²) >= 11 is 0. The van der Waals surface area contributed by atoms with Crippen molar-refractivity contribution >= 4 is 11.9 Å². The van der Waals surface area contributed by atoms with Gasteiger partial charge in [-0.3, -0.25) is 9.59 Å². The van der Waals surface area contributed by atoms with Crippen LogP contribution in [0.2, 0.25) is 0 Å². The van der Waals surface area contributed by atoms with E-state index in [2.05, 4.69) is 5.32 Å². The number of hydrogen-bond acceptors (Lipinski definition) is 5. The van der Waals surface area contributed by atoms with Gasteiger partial charge in [0.25, 0.3) is 0 Å². The Labute approximate surface area is 103 Å². The van der Waals surface area contributed by atoms with Gasteiger partial charge in [0.15, 0.2) is 0 Å². The molecule has 0 spiro atoms. The fourth-order valence-electron chi connectivity index (χ4n) is 1.36. The molecule has 0 aromatic heterocycles. The van der Waals surface area contributed by atoms with Crippen LogP contribution in [0.3, 0.4) is 0 Å². The highest BCUT2D eigenvalue weighted by Crippen LogP contribution is 1.96. The summed E-state index contributed by atoms with van der Waals surface area (Å²) in [7, 11) is 0. The van der Waals surface area contributed by atoms with E-state index in [1.807, 2.05) is 6.92 Å². The van der Waals surface area contributed by atoms with Gasteiger partial charge in [-0.05, 0) is 33.7 Å². The van der Waals surface area contributed by atoms with Crippen LogP contribution in [0.1, 0.15) is 40.0 Å². The highest BCUT2D eigenvalue weighted by atomic mass is 16.5.